The van der Waals surface area contributed by atoms with Crippen molar-refractivity contribution in [1.82, 2.24) is 14.4 Å². The van der Waals surface area contributed by atoms with Crippen molar-refractivity contribution in [3.8, 4) is 11.4 Å². The van der Waals surface area contributed by atoms with E-state index in [1.165, 1.54) is 25.8 Å². The molecule has 2 aliphatic rings. The van der Waals surface area contributed by atoms with E-state index >= 15 is 0 Å². The predicted molar refractivity (Wildman–Crippen MR) is 133 cm³/mol. The molecule has 0 unspecified atom stereocenters. The lowest BCUT2D eigenvalue weighted by Gasteiger charge is -2.27. The van der Waals surface area contributed by atoms with E-state index in [4.69, 9.17) is 4.74 Å². The molecule has 1 aromatic heterocycles. The maximum absolute atomic E-state index is 13.4. The van der Waals surface area contributed by atoms with Crippen LogP contribution in [0.3, 0.4) is 0 Å². The van der Waals surface area contributed by atoms with Crippen molar-refractivity contribution in [3.05, 3.63) is 60.3 Å². The van der Waals surface area contributed by atoms with Crippen molar-refractivity contribution in [2.24, 2.45) is 0 Å². The van der Waals surface area contributed by atoms with Crippen LogP contribution in [0.5, 0.6) is 5.75 Å². The number of carbonyl (C=O) groups is 1. The van der Waals surface area contributed by atoms with Gasteiger partial charge in [-0.3, -0.25) is 4.79 Å². The number of hydrogen-bond donors (Lipinski definition) is 0. The number of aromatic nitrogens is 1. The number of piperidine rings is 1. The van der Waals surface area contributed by atoms with Crippen LogP contribution in [0.25, 0.3) is 16.6 Å². The van der Waals surface area contributed by atoms with Gasteiger partial charge >= 0.3 is 0 Å². The zero-order chi connectivity index (χ0) is 22.6. The van der Waals surface area contributed by atoms with Gasteiger partial charge in [-0.05, 0) is 88.4 Å². The number of ether oxygens (including phenoxy) is 1. The van der Waals surface area contributed by atoms with Crippen LogP contribution in [0.4, 0.5) is 0 Å². The van der Waals surface area contributed by atoms with Gasteiger partial charge in [0.2, 0.25) is 0 Å². The van der Waals surface area contributed by atoms with E-state index in [2.05, 4.69) is 40.7 Å². The fourth-order valence-electron chi connectivity index (χ4n) is 5.32. The number of fused-ring (bicyclic) bond motifs is 1. The summed E-state index contributed by atoms with van der Waals surface area (Å²) in [5, 5.41) is 1.09. The molecule has 5 nitrogen and oxygen atoms in total. The van der Waals surface area contributed by atoms with Crippen molar-refractivity contribution in [1.29, 1.82) is 0 Å². The van der Waals surface area contributed by atoms with Crippen LogP contribution < -0.4 is 4.74 Å². The van der Waals surface area contributed by atoms with E-state index < -0.39 is 0 Å². The third-order valence-electron chi connectivity index (χ3n) is 7.22. The monoisotopic (exact) mass is 445 g/mol. The molecule has 1 atom stereocenters. The highest BCUT2D eigenvalue weighted by molar-refractivity contribution is 6.00. The molecule has 5 heteroatoms. The van der Waals surface area contributed by atoms with E-state index in [0.29, 0.717) is 6.04 Å². The molecule has 3 heterocycles. The SMILES string of the molecule is C[C@@H]1CCCN1CCCOc1ccc(-n2c(C(=O)N3CCCCC3)cc3ccccc32)cc1. The number of carbonyl (C=O) groups excluding carboxylic acids is 1. The van der Waals surface area contributed by atoms with Gasteiger partial charge in [-0.2, -0.15) is 0 Å². The van der Waals surface area contributed by atoms with Crippen LogP contribution >= 0.6 is 0 Å². The molecule has 2 saturated heterocycles. The van der Waals surface area contributed by atoms with Gasteiger partial charge in [0, 0.05) is 36.7 Å². The first kappa shape index (κ1) is 22.0. The third kappa shape index (κ3) is 4.79. The fraction of sp³-hybridized carbons (Fsp3) is 0.464. The van der Waals surface area contributed by atoms with Crippen molar-refractivity contribution < 1.29 is 9.53 Å². The summed E-state index contributed by atoms with van der Waals surface area (Å²) in [6.07, 6.45) is 7.08. The minimum absolute atomic E-state index is 0.127. The summed E-state index contributed by atoms with van der Waals surface area (Å²) in [4.78, 5) is 18.0. The summed E-state index contributed by atoms with van der Waals surface area (Å²) in [5.74, 6) is 1.01. The molecule has 0 N–H and O–H groups in total. The quantitative estimate of drug-likeness (QED) is 0.450. The third-order valence-corrected chi connectivity index (χ3v) is 7.22. The Morgan fingerprint density at radius 2 is 1.76 bits per heavy atom. The van der Waals surface area contributed by atoms with Crippen LogP contribution in [0.1, 0.15) is 55.9 Å². The van der Waals surface area contributed by atoms with Gasteiger partial charge in [0.25, 0.3) is 5.91 Å². The molecule has 0 aliphatic carbocycles. The van der Waals surface area contributed by atoms with Crippen LogP contribution in [-0.4, -0.2) is 59.1 Å². The summed E-state index contributed by atoms with van der Waals surface area (Å²) in [7, 11) is 0. The number of rotatable bonds is 7. The van der Waals surface area contributed by atoms with E-state index in [0.717, 1.165) is 73.5 Å². The van der Waals surface area contributed by atoms with Gasteiger partial charge in [-0.15, -0.1) is 0 Å². The number of para-hydroxylation sites is 1. The van der Waals surface area contributed by atoms with Crippen LogP contribution in [-0.2, 0) is 0 Å². The van der Waals surface area contributed by atoms with E-state index in [1.54, 1.807) is 0 Å². The van der Waals surface area contributed by atoms with Crippen LogP contribution in [0, 0.1) is 0 Å². The summed E-state index contributed by atoms with van der Waals surface area (Å²) < 4.78 is 8.12. The molecule has 3 aromatic rings. The molecule has 5 rings (SSSR count). The molecule has 2 aromatic carbocycles. The molecular weight excluding hydrogens is 410 g/mol. The molecule has 0 radical (unpaired) electrons. The lowest BCUT2D eigenvalue weighted by atomic mass is 10.1. The Labute approximate surface area is 196 Å². The van der Waals surface area contributed by atoms with E-state index in [9.17, 15) is 4.79 Å². The van der Waals surface area contributed by atoms with Gasteiger partial charge in [-0.25, -0.2) is 0 Å². The highest BCUT2D eigenvalue weighted by Gasteiger charge is 2.23. The first-order valence-electron chi connectivity index (χ1n) is 12.6. The van der Waals surface area contributed by atoms with Gasteiger partial charge in [0.15, 0.2) is 0 Å². The number of nitrogens with zero attached hydrogens (tertiary/aromatic N) is 3. The topological polar surface area (TPSA) is 37.7 Å². The zero-order valence-corrected chi connectivity index (χ0v) is 19.7. The lowest BCUT2D eigenvalue weighted by Crippen LogP contribution is -2.36. The largest absolute Gasteiger partial charge is 0.494 e. The Balaban J connectivity index is 1.31. The Hall–Kier alpha value is -2.79. The van der Waals surface area contributed by atoms with Crippen LogP contribution in [0.2, 0.25) is 0 Å². The molecule has 33 heavy (non-hydrogen) atoms. The summed E-state index contributed by atoms with van der Waals surface area (Å²) in [5.41, 5.74) is 2.80. The number of likely N-dealkylation sites (tertiary alicyclic amines) is 2. The molecule has 0 saturated carbocycles. The first-order valence-corrected chi connectivity index (χ1v) is 12.6. The Morgan fingerprint density at radius 1 is 0.970 bits per heavy atom. The smallest absolute Gasteiger partial charge is 0.270 e. The molecule has 0 bridgehead atoms. The van der Waals surface area contributed by atoms with Crippen molar-refractivity contribution >= 4 is 16.8 Å². The highest BCUT2D eigenvalue weighted by Crippen LogP contribution is 2.27. The summed E-state index contributed by atoms with van der Waals surface area (Å²) >= 11 is 0. The number of amides is 1. The van der Waals surface area contributed by atoms with Gasteiger partial charge in [0.1, 0.15) is 11.4 Å². The van der Waals surface area contributed by atoms with Crippen molar-refractivity contribution in [3.63, 3.8) is 0 Å². The Bertz CT molecular complexity index is 1080. The maximum Gasteiger partial charge on any atom is 0.270 e. The van der Waals surface area contributed by atoms with Crippen molar-refractivity contribution in [2.45, 2.75) is 51.5 Å². The Kier molecular flexibility index (Phi) is 6.68. The normalized spacial score (nSPS) is 19.3. The Morgan fingerprint density at radius 3 is 2.52 bits per heavy atom. The molecule has 2 fully saturated rings. The second kappa shape index (κ2) is 10.0. The summed E-state index contributed by atoms with van der Waals surface area (Å²) in [6.45, 7) is 7.08. The van der Waals surface area contributed by atoms with Gasteiger partial charge in [-0.1, -0.05) is 18.2 Å². The number of benzene rings is 2. The maximum atomic E-state index is 13.4. The minimum atomic E-state index is 0.127. The molecule has 0 spiro atoms. The highest BCUT2D eigenvalue weighted by atomic mass is 16.5. The summed E-state index contributed by atoms with van der Waals surface area (Å²) in [6, 6.07) is 19.2. The predicted octanol–water partition coefficient (Wildman–Crippen LogP) is 5.51. The molecule has 174 valence electrons. The average molecular weight is 446 g/mol. The van der Waals surface area contributed by atoms with E-state index in [1.807, 2.05) is 35.2 Å². The zero-order valence-electron chi connectivity index (χ0n) is 19.7. The van der Waals surface area contributed by atoms with Crippen molar-refractivity contribution in [2.75, 3.05) is 32.8 Å². The molecule has 1 amide bonds. The first-order chi connectivity index (χ1) is 16.2. The van der Waals surface area contributed by atoms with Gasteiger partial charge in [0.05, 0.1) is 12.1 Å². The molecule has 2 aliphatic heterocycles. The second-order valence-electron chi connectivity index (χ2n) is 9.50. The second-order valence-corrected chi connectivity index (χ2v) is 9.50. The lowest BCUT2D eigenvalue weighted by molar-refractivity contribution is 0.0716. The van der Waals surface area contributed by atoms with Gasteiger partial charge < -0.3 is 19.1 Å². The standard InChI is InChI=1S/C28H35N3O2/c1-22-9-7-18-29(22)19-8-20-33-25-14-12-24(13-15-25)31-26-11-4-3-10-23(26)21-27(31)28(32)30-16-5-2-6-17-30/h3-4,10-15,21-22H,2,5-9,16-20H2,1H3/t22-/m1/s1. The van der Waals surface area contributed by atoms with Crippen LogP contribution in [0.15, 0.2) is 54.6 Å². The molecular formula is C28H35N3O2. The number of hydrogen-bond acceptors (Lipinski definition) is 3. The fourth-order valence-corrected chi connectivity index (χ4v) is 5.32. The minimum Gasteiger partial charge on any atom is -0.494 e. The average Bonchev–Trinajstić information content (AvgIpc) is 3.45. The van der Waals surface area contributed by atoms with E-state index in [-0.39, 0.29) is 5.91 Å².